The Morgan fingerprint density at radius 1 is 1.00 bits per heavy atom. The molecular weight excluding hydrogens is 294 g/mol. The zero-order chi connectivity index (χ0) is 15.7. The summed E-state index contributed by atoms with van der Waals surface area (Å²) in [5, 5.41) is 0. The molecule has 0 aliphatic carbocycles. The zero-order valence-corrected chi connectivity index (χ0v) is 9.72. The normalized spacial score (nSPS) is 12.2. The van der Waals surface area contributed by atoms with Crippen LogP contribution >= 0.6 is 0 Å². The minimum absolute atomic E-state index is 0.185. The van der Waals surface area contributed by atoms with Crippen molar-refractivity contribution in [1.82, 2.24) is 0 Å². The number of halogens is 6. The van der Waals surface area contributed by atoms with Gasteiger partial charge >= 0.3 is 18.3 Å². The first kappa shape index (κ1) is 16.0. The Bertz CT molecular complexity index is 544. The lowest BCUT2D eigenvalue weighted by Gasteiger charge is -2.12. The van der Waals surface area contributed by atoms with E-state index in [0.29, 0.717) is 12.1 Å². The lowest BCUT2D eigenvalue weighted by Crippen LogP contribution is -2.30. The van der Waals surface area contributed by atoms with Gasteiger partial charge in [-0.05, 0) is 19.1 Å². The average molecular weight is 300 g/mol. The largest absolute Gasteiger partial charge is 0.491 e. The fourth-order valence-corrected chi connectivity index (χ4v) is 1.22. The Morgan fingerprint density at radius 2 is 1.55 bits per heavy atom. The second-order valence-corrected chi connectivity index (χ2v) is 3.71. The summed E-state index contributed by atoms with van der Waals surface area (Å²) >= 11 is 0. The number of benzene rings is 1. The van der Waals surface area contributed by atoms with Crippen molar-refractivity contribution in [3.05, 3.63) is 29.3 Å². The highest BCUT2D eigenvalue weighted by Crippen LogP contribution is 2.30. The lowest BCUT2D eigenvalue weighted by molar-refractivity contribution is -0.189. The number of carbonyl (C=O) groups is 2. The van der Waals surface area contributed by atoms with Gasteiger partial charge in [0.05, 0.1) is 5.56 Å². The molecule has 1 aromatic rings. The van der Waals surface area contributed by atoms with Gasteiger partial charge in [0.25, 0.3) is 5.78 Å². The van der Waals surface area contributed by atoms with Crippen LogP contribution in [0.25, 0.3) is 0 Å². The van der Waals surface area contributed by atoms with Crippen LogP contribution in [-0.2, 0) is 4.79 Å². The monoisotopic (exact) mass is 300 g/mol. The topological polar surface area (TPSA) is 43.4 Å². The summed E-state index contributed by atoms with van der Waals surface area (Å²) in [5.41, 5.74) is -0.973. The van der Waals surface area contributed by atoms with Gasteiger partial charge in [-0.15, -0.1) is 0 Å². The zero-order valence-electron chi connectivity index (χ0n) is 9.72. The molecule has 0 aliphatic rings. The van der Waals surface area contributed by atoms with E-state index >= 15 is 0 Å². The van der Waals surface area contributed by atoms with E-state index in [1.54, 1.807) is 0 Å². The molecular formula is C11H6F6O3. The Morgan fingerprint density at radius 3 is 2.00 bits per heavy atom. The quantitative estimate of drug-likeness (QED) is 0.364. The number of hydrogen-bond acceptors (Lipinski definition) is 3. The van der Waals surface area contributed by atoms with Crippen LogP contribution in [0.15, 0.2) is 18.2 Å². The van der Waals surface area contributed by atoms with Crippen molar-refractivity contribution in [3.63, 3.8) is 0 Å². The van der Waals surface area contributed by atoms with Crippen molar-refractivity contribution >= 4 is 11.8 Å². The Kier molecular flexibility index (Phi) is 4.11. The van der Waals surface area contributed by atoms with Gasteiger partial charge in [-0.2, -0.15) is 26.3 Å². The number of rotatable bonds is 2. The van der Waals surface area contributed by atoms with Gasteiger partial charge in [0, 0.05) is 0 Å². The van der Waals surface area contributed by atoms with Crippen molar-refractivity contribution < 1.29 is 40.7 Å². The van der Waals surface area contributed by atoms with E-state index in [4.69, 9.17) is 0 Å². The van der Waals surface area contributed by atoms with E-state index < -0.39 is 35.4 Å². The minimum atomic E-state index is -5.39. The van der Waals surface area contributed by atoms with Crippen LogP contribution in [0.2, 0.25) is 0 Å². The highest BCUT2D eigenvalue weighted by atomic mass is 19.4. The number of hydrogen-bond donors (Lipinski definition) is 0. The van der Waals surface area contributed by atoms with Crippen LogP contribution in [0, 0.1) is 6.92 Å². The first-order valence-corrected chi connectivity index (χ1v) is 4.94. The molecule has 1 aromatic carbocycles. The molecule has 0 fully saturated rings. The highest BCUT2D eigenvalue weighted by molar-refractivity contribution is 6.03. The molecule has 0 unspecified atom stereocenters. The third-order valence-corrected chi connectivity index (χ3v) is 2.07. The molecule has 0 saturated heterocycles. The predicted octanol–water partition coefficient (Wildman–Crippen LogP) is 3.21. The van der Waals surface area contributed by atoms with Gasteiger partial charge < -0.3 is 4.74 Å². The molecule has 0 aliphatic heterocycles. The molecule has 0 amide bonds. The molecule has 3 nitrogen and oxygen atoms in total. The minimum Gasteiger partial charge on any atom is -0.419 e. The van der Waals surface area contributed by atoms with E-state index in [1.807, 2.05) is 0 Å². The second-order valence-electron chi connectivity index (χ2n) is 3.71. The summed E-state index contributed by atoms with van der Waals surface area (Å²) in [7, 11) is 0. The molecule has 0 saturated carbocycles. The summed E-state index contributed by atoms with van der Waals surface area (Å²) in [5.74, 6) is -6.20. The average Bonchev–Trinajstić information content (AvgIpc) is 2.27. The van der Waals surface area contributed by atoms with Gasteiger partial charge in [-0.3, -0.25) is 4.79 Å². The summed E-state index contributed by atoms with van der Waals surface area (Å²) in [6.07, 6.45) is -10.7. The molecule has 110 valence electrons. The predicted molar refractivity (Wildman–Crippen MR) is 53.3 cm³/mol. The first-order valence-electron chi connectivity index (χ1n) is 4.94. The number of alkyl halides is 6. The van der Waals surface area contributed by atoms with Crippen molar-refractivity contribution in [2.24, 2.45) is 0 Å². The molecule has 0 spiro atoms. The third-order valence-electron chi connectivity index (χ3n) is 2.07. The summed E-state index contributed by atoms with van der Waals surface area (Å²) < 4.78 is 76.7. The molecule has 0 atom stereocenters. The van der Waals surface area contributed by atoms with E-state index in [-0.39, 0.29) is 5.56 Å². The third kappa shape index (κ3) is 3.72. The van der Waals surface area contributed by atoms with Crippen LogP contribution in [0.5, 0.6) is 5.75 Å². The van der Waals surface area contributed by atoms with Gasteiger partial charge in [-0.1, -0.05) is 11.6 Å². The van der Waals surface area contributed by atoms with E-state index in [9.17, 15) is 35.9 Å². The maximum atomic E-state index is 12.3. The molecule has 0 radical (unpaired) electrons. The van der Waals surface area contributed by atoms with Gasteiger partial charge in [0.1, 0.15) is 5.75 Å². The van der Waals surface area contributed by atoms with Crippen LogP contribution in [0.1, 0.15) is 15.9 Å². The summed E-state index contributed by atoms with van der Waals surface area (Å²) in [4.78, 5) is 21.7. The maximum absolute atomic E-state index is 12.3. The Hall–Kier alpha value is -2.06. The number of aryl methyl sites for hydroxylation is 1. The van der Waals surface area contributed by atoms with Crippen molar-refractivity contribution in [2.75, 3.05) is 0 Å². The summed E-state index contributed by atoms with van der Waals surface area (Å²) in [6, 6.07) is 2.49. The molecule has 0 heterocycles. The Balaban J connectivity index is 3.22. The number of ether oxygens (including phenoxy) is 1. The van der Waals surface area contributed by atoms with Crippen LogP contribution < -0.4 is 4.74 Å². The van der Waals surface area contributed by atoms with Gasteiger partial charge in [0.2, 0.25) is 0 Å². The molecule has 1 rings (SSSR count). The van der Waals surface area contributed by atoms with Crippen molar-refractivity contribution in [2.45, 2.75) is 19.3 Å². The highest BCUT2D eigenvalue weighted by Gasteiger charge is 2.44. The van der Waals surface area contributed by atoms with Crippen molar-refractivity contribution in [3.8, 4) is 5.75 Å². The van der Waals surface area contributed by atoms with Gasteiger partial charge in [-0.25, -0.2) is 4.79 Å². The van der Waals surface area contributed by atoms with Crippen LogP contribution in [0.3, 0.4) is 0 Å². The molecule has 9 heteroatoms. The molecule has 0 N–H and O–H groups in total. The SMILES string of the molecule is Cc1ccc(OC(=O)C(F)(F)F)c(C(=O)C(F)(F)F)c1. The second kappa shape index (κ2) is 5.14. The smallest absolute Gasteiger partial charge is 0.419 e. The number of Topliss-reactive ketones (excluding diaryl/α,β-unsaturated/α-hetero) is 1. The number of ketones is 1. The number of carbonyl (C=O) groups excluding carboxylic acids is 2. The first-order chi connectivity index (χ1) is 8.93. The maximum Gasteiger partial charge on any atom is 0.491 e. The summed E-state index contributed by atoms with van der Waals surface area (Å²) in [6.45, 7) is 1.32. The van der Waals surface area contributed by atoms with E-state index in [2.05, 4.69) is 4.74 Å². The van der Waals surface area contributed by atoms with Crippen LogP contribution in [-0.4, -0.2) is 24.1 Å². The number of esters is 1. The van der Waals surface area contributed by atoms with Crippen LogP contribution in [0.4, 0.5) is 26.3 Å². The molecule has 0 bridgehead atoms. The fraction of sp³-hybridized carbons (Fsp3) is 0.273. The van der Waals surface area contributed by atoms with Crippen molar-refractivity contribution in [1.29, 1.82) is 0 Å². The lowest BCUT2D eigenvalue weighted by atomic mass is 10.1. The fourth-order valence-electron chi connectivity index (χ4n) is 1.22. The van der Waals surface area contributed by atoms with Gasteiger partial charge in [0.15, 0.2) is 0 Å². The molecule has 0 aromatic heterocycles. The standard InChI is InChI=1S/C11H6F6O3/c1-5-2-3-7(20-9(19)11(15,16)17)6(4-5)8(18)10(12,13)14/h2-4H,1H3. The Labute approximate surface area is 108 Å². The molecule has 20 heavy (non-hydrogen) atoms. The van der Waals surface area contributed by atoms with E-state index in [1.165, 1.54) is 6.92 Å². The van der Waals surface area contributed by atoms with E-state index in [0.717, 1.165) is 6.07 Å².